The molecule has 24 heavy (non-hydrogen) atoms. The van der Waals surface area contributed by atoms with Crippen molar-refractivity contribution in [1.29, 1.82) is 0 Å². The fourth-order valence-corrected chi connectivity index (χ4v) is 5.11. The van der Waals surface area contributed by atoms with Gasteiger partial charge in [-0.2, -0.15) is 0 Å². The lowest BCUT2D eigenvalue weighted by molar-refractivity contribution is 0.0461. The fraction of sp³-hybridized carbons (Fsp3) is 0.286. The molecule has 2 aromatic rings. The molecule has 3 heteroatoms. The molecule has 0 N–H and O–H groups in total. The largest absolute Gasteiger partial charge is 0.492 e. The van der Waals surface area contributed by atoms with Gasteiger partial charge in [0.05, 0.1) is 11.0 Å². The molecule has 1 saturated carbocycles. The molecule has 1 spiro atoms. The highest BCUT2D eigenvalue weighted by atomic mass is 35.5. The number of Topliss-reactive ketones (excluding diaryl/α,β-unsaturated/α-hetero) is 1. The van der Waals surface area contributed by atoms with Gasteiger partial charge in [-0.25, -0.2) is 0 Å². The van der Waals surface area contributed by atoms with Crippen molar-refractivity contribution in [3.63, 3.8) is 0 Å². The van der Waals surface area contributed by atoms with Crippen molar-refractivity contribution in [1.82, 2.24) is 0 Å². The summed E-state index contributed by atoms with van der Waals surface area (Å²) in [7, 11) is 0. The first-order valence-corrected chi connectivity index (χ1v) is 8.78. The number of ketones is 1. The minimum atomic E-state index is -0.485. The summed E-state index contributed by atoms with van der Waals surface area (Å²) in [4.78, 5) is 13.5. The van der Waals surface area contributed by atoms with Crippen LogP contribution in [0.5, 0.6) is 5.75 Å². The number of allylic oxidation sites excluding steroid dienone is 2. The third-order valence-corrected chi connectivity index (χ3v) is 6.26. The van der Waals surface area contributed by atoms with E-state index in [1.54, 1.807) is 0 Å². The minimum Gasteiger partial charge on any atom is -0.492 e. The Labute approximate surface area is 146 Å². The Kier molecular flexibility index (Phi) is 2.96. The first kappa shape index (κ1) is 14.3. The van der Waals surface area contributed by atoms with Crippen LogP contribution in [-0.2, 0) is 0 Å². The molecule has 1 fully saturated rings. The Morgan fingerprint density at radius 1 is 1.04 bits per heavy atom. The number of ether oxygens (including phenoxy) is 1. The van der Waals surface area contributed by atoms with Crippen LogP contribution in [0.25, 0.3) is 0 Å². The van der Waals surface area contributed by atoms with Crippen molar-refractivity contribution >= 4 is 17.4 Å². The quantitative estimate of drug-likeness (QED) is 0.693. The SMILES string of the molecule is O=C1c2ccccc2OC[C@@]12[C@H]1C=C[C@@H](C1)[C@@H]2c1ccc(Cl)cc1. The lowest BCUT2D eigenvalue weighted by Gasteiger charge is -2.43. The van der Waals surface area contributed by atoms with Gasteiger partial charge in [0, 0.05) is 10.9 Å². The van der Waals surface area contributed by atoms with Gasteiger partial charge in [0.25, 0.3) is 0 Å². The first-order valence-electron chi connectivity index (χ1n) is 8.40. The van der Waals surface area contributed by atoms with E-state index in [9.17, 15) is 4.79 Å². The predicted octanol–water partition coefficient (Wildman–Crippen LogP) is 4.89. The molecule has 1 aliphatic heterocycles. The Morgan fingerprint density at radius 3 is 2.67 bits per heavy atom. The number of hydrogen-bond acceptors (Lipinski definition) is 2. The second-order valence-electron chi connectivity index (χ2n) is 7.07. The molecule has 2 nitrogen and oxygen atoms in total. The standard InChI is InChI=1S/C21H17ClO2/c22-16-9-6-13(7-10-16)19-14-5-8-15(11-14)21(19)12-24-18-4-2-1-3-17(18)20(21)23/h1-10,14-15,19H,11-12H2/t14-,15-,19-,21-/m0/s1. The van der Waals surface area contributed by atoms with E-state index in [0.717, 1.165) is 22.8 Å². The smallest absolute Gasteiger partial charge is 0.177 e. The minimum absolute atomic E-state index is 0.158. The highest BCUT2D eigenvalue weighted by Gasteiger charge is 2.62. The number of rotatable bonds is 1. The lowest BCUT2D eigenvalue weighted by Crippen LogP contribution is -2.48. The van der Waals surface area contributed by atoms with E-state index < -0.39 is 5.41 Å². The van der Waals surface area contributed by atoms with E-state index in [1.165, 1.54) is 5.56 Å². The maximum atomic E-state index is 13.5. The average Bonchev–Trinajstić information content (AvgIpc) is 3.20. The number of benzene rings is 2. The van der Waals surface area contributed by atoms with Gasteiger partial charge in [-0.15, -0.1) is 0 Å². The van der Waals surface area contributed by atoms with Gasteiger partial charge in [-0.05, 0) is 48.1 Å². The van der Waals surface area contributed by atoms with Gasteiger partial charge in [-0.1, -0.05) is 48.0 Å². The Balaban J connectivity index is 1.67. The zero-order valence-corrected chi connectivity index (χ0v) is 13.9. The van der Waals surface area contributed by atoms with E-state index in [4.69, 9.17) is 16.3 Å². The molecule has 120 valence electrons. The number of fused-ring (bicyclic) bond motifs is 4. The summed E-state index contributed by atoms with van der Waals surface area (Å²) in [5, 5.41) is 0.725. The lowest BCUT2D eigenvalue weighted by atomic mass is 9.62. The maximum absolute atomic E-state index is 13.5. The molecule has 5 rings (SSSR count). The number of para-hydroxylation sites is 1. The molecule has 2 aliphatic carbocycles. The van der Waals surface area contributed by atoms with E-state index >= 15 is 0 Å². The summed E-state index contributed by atoms with van der Waals surface area (Å²) in [6, 6.07) is 15.6. The molecule has 3 aliphatic rings. The van der Waals surface area contributed by atoms with Crippen molar-refractivity contribution in [3.8, 4) is 5.75 Å². The zero-order valence-electron chi connectivity index (χ0n) is 13.1. The van der Waals surface area contributed by atoms with Crippen LogP contribution < -0.4 is 4.74 Å². The predicted molar refractivity (Wildman–Crippen MR) is 93.6 cm³/mol. The molecular formula is C21H17ClO2. The Morgan fingerprint density at radius 2 is 1.83 bits per heavy atom. The normalized spacial score (nSPS) is 32.9. The number of hydrogen-bond donors (Lipinski definition) is 0. The highest BCUT2D eigenvalue weighted by Crippen LogP contribution is 2.63. The van der Waals surface area contributed by atoms with E-state index in [2.05, 4.69) is 24.3 Å². The number of carbonyl (C=O) groups excluding carboxylic acids is 1. The van der Waals surface area contributed by atoms with Crippen molar-refractivity contribution in [2.45, 2.75) is 12.3 Å². The van der Waals surface area contributed by atoms with Crippen LogP contribution >= 0.6 is 11.6 Å². The zero-order chi connectivity index (χ0) is 16.3. The second kappa shape index (κ2) is 4.97. The summed E-state index contributed by atoms with van der Waals surface area (Å²) in [5.41, 5.74) is 1.43. The van der Waals surface area contributed by atoms with Gasteiger partial charge < -0.3 is 4.74 Å². The monoisotopic (exact) mass is 336 g/mol. The average molecular weight is 337 g/mol. The number of carbonyl (C=O) groups is 1. The molecule has 0 aromatic heterocycles. The van der Waals surface area contributed by atoms with Crippen molar-refractivity contribution < 1.29 is 9.53 Å². The van der Waals surface area contributed by atoms with Gasteiger partial charge in [-0.3, -0.25) is 4.79 Å². The Hall–Kier alpha value is -2.06. The van der Waals surface area contributed by atoms with Crippen molar-refractivity contribution in [3.05, 3.63) is 76.8 Å². The molecule has 0 amide bonds. The van der Waals surface area contributed by atoms with Crippen molar-refractivity contribution in [2.24, 2.45) is 17.3 Å². The highest BCUT2D eigenvalue weighted by molar-refractivity contribution is 6.30. The third-order valence-electron chi connectivity index (χ3n) is 6.01. The van der Waals surface area contributed by atoms with Crippen LogP contribution in [0, 0.1) is 17.3 Å². The summed E-state index contributed by atoms with van der Waals surface area (Å²) in [5.74, 6) is 1.76. The topological polar surface area (TPSA) is 26.3 Å². The van der Waals surface area contributed by atoms with Crippen LogP contribution in [-0.4, -0.2) is 12.4 Å². The molecule has 0 radical (unpaired) electrons. The number of halogens is 1. The summed E-state index contributed by atoms with van der Waals surface area (Å²) in [6.07, 6.45) is 5.54. The van der Waals surface area contributed by atoms with Crippen LogP contribution in [0.3, 0.4) is 0 Å². The Bertz CT molecular complexity index is 854. The van der Waals surface area contributed by atoms with E-state index in [-0.39, 0.29) is 17.6 Å². The second-order valence-corrected chi connectivity index (χ2v) is 7.51. The fourth-order valence-electron chi connectivity index (χ4n) is 4.98. The van der Waals surface area contributed by atoms with E-state index in [1.807, 2.05) is 36.4 Å². The first-order chi connectivity index (χ1) is 11.7. The molecule has 1 heterocycles. The van der Waals surface area contributed by atoms with Crippen LogP contribution in [0.1, 0.15) is 28.3 Å². The third kappa shape index (κ3) is 1.75. The van der Waals surface area contributed by atoms with Gasteiger partial charge in [0.2, 0.25) is 0 Å². The van der Waals surface area contributed by atoms with Crippen LogP contribution in [0.2, 0.25) is 5.02 Å². The summed E-state index contributed by atoms with van der Waals surface area (Å²) >= 11 is 6.06. The van der Waals surface area contributed by atoms with Crippen molar-refractivity contribution in [2.75, 3.05) is 6.61 Å². The summed E-state index contributed by atoms with van der Waals surface area (Å²) < 4.78 is 6.08. The van der Waals surface area contributed by atoms with Crippen LogP contribution in [0.15, 0.2) is 60.7 Å². The van der Waals surface area contributed by atoms with Gasteiger partial charge in [0.1, 0.15) is 12.4 Å². The van der Waals surface area contributed by atoms with Gasteiger partial charge >= 0.3 is 0 Å². The molecular weight excluding hydrogens is 320 g/mol. The van der Waals surface area contributed by atoms with Crippen LogP contribution in [0.4, 0.5) is 0 Å². The van der Waals surface area contributed by atoms with Gasteiger partial charge in [0.15, 0.2) is 5.78 Å². The molecule has 2 aromatic carbocycles. The molecule has 4 atom stereocenters. The van der Waals surface area contributed by atoms with E-state index in [0.29, 0.717) is 12.5 Å². The summed E-state index contributed by atoms with van der Waals surface area (Å²) in [6.45, 7) is 0.460. The molecule has 0 unspecified atom stereocenters. The molecule has 0 saturated heterocycles. The maximum Gasteiger partial charge on any atom is 0.177 e. The molecule has 2 bridgehead atoms.